The molecule has 0 aliphatic carbocycles. The van der Waals surface area contributed by atoms with Crippen LogP contribution in [0.2, 0.25) is 0 Å². The first kappa shape index (κ1) is 41.2. The number of nitrogens with one attached hydrogen (secondary N) is 1. The Morgan fingerprint density at radius 3 is 1.68 bits per heavy atom. The molecule has 2 atom stereocenters. The largest absolute Gasteiger partial charge is 0.472 e. The first-order valence-electron chi connectivity index (χ1n) is 15.6. The number of unbranched alkanes of at least 4 members (excludes halogenated alkanes) is 1. The molecule has 0 radical (unpaired) electrons. The van der Waals surface area contributed by atoms with Gasteiger partial charge in [0.1, 0.15) is 12.7 Å². The van der Waals surface area contributed by atoms with Crippen molar-refractivity contribution in [1.29, 1.82) is 0 Å². The van der Waals surface area contributed by atoms with E-state index in [4.69, 9.17) is 13.8 Å². The molecular formula is C34H54NO8P. The van der Waals surface area contributed by atoms with Gasteiger partial charge in [-0.1, -0.05) is 105 Å². The van der Waals surface area contributed by atoms with Gasteiger partial charge < -0.3 is 20.1 Å². The first-order chi connectivity index (χ1) is 21.3. The quantitative estimate of drug-likeness (QED) is 0.0369. The Morgan fingerprint density at radius 2 is 1.20 bits per heavy atom. The highest BCUT2D eigenvalue weighted by Gasteiger charge is 2.23. The van der Waals surface area contributed by atoms with Crippen LogP contribution in [0.4, 0.5) is 0 Å². The molecule has 0 aliphatic heterocycles. The van der Waals surface area contributed by atoms with Gasteiger partial charge in [-0.05, 0) is 51.4 Å². The summed E-state index contributed by atoms with van der Waals surface area (Å²) in [6.07, 6.45) is 36.7. The van der Waals surface area contributed by atoms with Gasteiger partial charge in [0, 0.05) is 19.4 Å². The maximum atomic E-state index is 11.9. The Morgan fingerprint density at radius 1 is 0.727 bits per heavy atom. The number of hydrogen-bond donors (Lipinski definition) is 3. The van der Waals surface area contributed by atoms with Gasteiger partial charge in [0.2, 0.25) is 5.91 Å². The van der Waals surface area contributed by atoms with Crippen LogP contribution in [0, 0.1) is 0 Å². The number of carbonyl (C=O) groups is 2. The van der Waals surface area contributed by atoms with Crippen molar-refractivity contribution in [2.45, 2.75) is 90.6 Å². The van der Waals surface area contributed by atoms with Crippen molar-refractivity contribution in [2.24, 2.45) is 0 Å². The standard InChI is InChI=1S/C34H54NO8P/c1-3-5-7-8-9-10-11-12-13-14-15-16-17-18-19-20-21-22-23-24-25-26-33(37)35-28-29-42-44(39,40)43-31-32(36)30-41-34(38)27-6-4-2/h5,7,9-10,12-13,15-16,18-19,21-22,24-25,32,36H,3-4,6,8,11,14,17,20,23,26-31H2,1-2H3,(H,35,37)(H,39,40)/b7-5-,10-9-,13-12-,16-15-,19-18-,22-21-,25-24-. The second-order valence-electron chi connectivity index (χ2n) is 9.71. The van der Waals surface area contributed by atoms with Gasteiger partial charge in [0.05, 0.1) is 13.2 Å². The summed E-state index contributed by atoms with van der Waals surface area (Å²) in [4.78, 5) is 33.0. The molecule has 248 valence electrons. The van der Waals surface area contributed by atoms with Gasteiger partial charge in [-0.3, -0.25) is 18.6 Å². The second-order valence-corrected chi connectivity index (χ2v) is 11.2. The number of esters is 1. The molecule has 0 fully saturated rings. The van der Waals surface area contributed by atoms with E-state index >= 15 is 0 Å². The van der Waals surface area contributed by atoms with Crippen molar-refractivity contribution in [2.75, 3.05) is 26.4 Å². The molecule has 0 aliphatic rings. The average Bonchev–Trinajstić information content (AvgIpc) is 3.00. The third-order valence-corrected chi connectivity index (χ3v) is 6.60. The van der Waals surface area contributed by atoms with E-state index in [0.29, 0.717) is 6.42 Å². The van der Waals surface area contributed by atoms with E-state index in [1.165, 1.54) is 0 Å². The summed E-state index contributed by atoms with van der Waals surface area (Å²) < 4.78 is 26.2. The van der Waals surface area contributed by atoms with Gasteiger partial charge in [-0.25, -0.2) is 4.57 Å². The van der Waals surface area contributed by atoms with Crippen molar-refractivity contribution in [1.82, 2.24) is 5.32 Å². The molecule has 0 saturated carbocycles. The van der Waals surface area contributed by atoms with Crippen molar-refractivity contribution >= 4 is 19.7 Å². The second kappa shape index (κ2) is 30.2. The molecule has 2 unspecified atom stereocenters. The van der Waals surface area contributed by atoms with Crippen molar-refractivity contribution in [3.8, 4) is 0 Å². The van der Waals surface area contributed by atoms with Crippen LogP contribution in [0.1, 0.15) is 84.5 Å². The summed E-state index contributed by atoms with van der Waals surface area (Å²) in [5.74, 6) is -0.699. The number of hydrogen-bond acceptors (Lipinski definition) is 7. The van der Waals surface area contributed by atoms with Crippen molar-refractivity contribution in [3.63, 3.8) is 0 Å². The van der Waals surface area contributed by atoms with Crippen LogP contribution < -0.4 is 5.32 Å². The first-order valence-corrected chi connectivity index (χ1v) is 17.1. The predicted molar refractivity (Wildman–Crippen MR) is 178 cm³/mol. The van der Waals surface area contributed by atoms with E-state index in [2.05, 4.69) is 79.1 Å². The van der Waals surface area contributed by atoms with E-state index in [0.717, 1.165) is 51.4 Å². The van der Waals surface area contributed by atoms with E-state index < -0.39 is 26.5 Å². The minimum atomic E-state index is -4.42. The lowest BCUT2D eigenvalue weighted by molar-refractivity contribution is -0.147. The molecule has 1 amide bonds. The Balaban J connectivity index is 3.81. The number of phosphoric acid groups is 1. The summed E-state index contributed by atoms with van der Waals surface area (Å²) in [6, 6.07) is 0. The van der Waals surface area contributed by atoms with Crippen molar-refractivity contribution < 1.29 is 37.9 Å². The van der Waals surface area contributed by atoms with Crippen LogP contribution in [0.3, 0.4) is 0 Å². The fraction of sp³-hybridized carbons (Fsp3) is 0.529. The molecule has 0 bridgehead atoms. The fourth-order valence-corrected chi connectivity index (χ4v) is 4.01. The van der Waals surface area contributed by atoms with Crippen LogP contribution in [-0.4, -0.2) is 54.3 Å². The molecule has 0 saturated heterocycles. The third-order valence-electron chi connectivity index (χ3n) is 5.62. The van der Waals surface area contributed by atoms with E-state index in [9.17, 15) is 24.2 Å². The van der Waals surface area contributed by atoms with Crippen LogP contribution in [0.15, 0.2) is 85.1 Å². The lowest BCUT2D eigenvalue weighted by Crippen LogP contribution is -2.26. The molecular weight excluding hydrogens is 581 g/mol. The number of allylic oxidation sites excluding steroid dienone is 13. The minimum absolute atomic E-state index is 0.0192. The summed E-state index contributed by atoms with van der Waals surface area (Å²) in [5.41, 5.74) is 0. The number of aliphatic hydroxyl groups is 1. The Kier molecular flexibility index (Phi) is 28.3. The SMILES string of the molecule is CC/C=C\C/C=C\C/C=C\C/C=C\C/C=C\C/C=C\C/C=C\CC(=O)NCCOP(=O)(O)OCC(O)COC(=O)CCCC. The Hall–Kier alpha value is -2.81. The topological polar surface area (TPSA) is 131 Å². The number of phosphoric ester groups is 1. The molecule has 0 rings (SSSR count). The fourth-order valence-electron chi connectivity index (χ4n) is 3.25. The van der Waals surface area contributed by atoms with Crippen LogP contribution in [0.5, 0.6) is 0 Å². The molecule has 0 spiro atoms. The zero-order chi connectivity index (χ0) is 32.6. The molecule has 0 heterocycles. The molecule has 0 aromatic heterocycles. The lowest BCUT2D eigenvalue weighted by Gasteiger charge is -2.15. The highest BCUT2D eigenvalue weighted by atomic mass is 31.2. The molecule has 3 N–H and O–H groups in total. The maximum Gasteiger partial charge on any atom is 0.472 e. The van der Waals surface area contributed by atoms with Gasteiger partial charge in [-0.15, -0.1) is 0 Å². The summed E-state index contributed by atoms with van der Waals surface area (Å²) in [6.45, 7) is 2.97. The highest BCUT2D eigenvalue weighted by Crippen LogP contribution is 2.42. The highest BCUT2D eigenvalue weighted by molar-refractivity contribution is 7.47. The zero-order valence-corrected chi connectivity index (χ0v) is 27.5. The van der Waals surface area contributed by atoms with Crippen molar-refractivity contribution in [3.05, 3.63) is 85.1 Å². The van der Waals surface area contributed by atoms with Crippen LogP contribution >= 0.6 is 7.82 Å². The van der Waals surface area contributed by atoms with Gasteiger partial charge in [0.25, 0.3) is 0 Å². The molecule has 0 aromatic carbocycles. The smallest absolute Gasteiger partial charge is 0.463 e. The van der Waals surface area contributed by atoms with Crippen LogP contribution in [0.25, 0.3) is 0 Å². The normalized spacial score (nSPS) is 14.7. The summed E-state index contributed by atoms with van der Waals surface area (Å²) in [5, 5.41) is 12.3. The zero-order valence-electron chi connectivity index (χ0n) is 26.6. The van der Waals surface area contributed by atoms with Gasteiger partial charge in [0.15, 0.2) is 0 Å². The van der Waals surface area contributed by atoms with E-state index in [1.807, 2.05) is 19.1 Å². The number of ether oxygens (including phenoxy) is 1. The lowest BCUT2D eigenvalue weighted by atomic mass is 10.2. The van der Waals surface area contributed by atoms with Gasteiger partial charge >= 0.3 is 13.8 Å². The number of aliphatic hydroxyl groups excluding tert-OH is 1. The number of carbonyl (C=O) groups excluding carboxylic acids is 2. The molecule has 10 heteroatoms. The predicted octanol–water partition coefficient (Wildman–Crippen LogP) is 7.36. The maximum absolute atomic E-state index is 11.9. The van der Waals surface area contributed by atoms with Crippen LogP contribution in [-0.2, 0) is 27.9 Å². The summed E-state index contributed by atoms with van der Waals surface area (Å²) in [7, 11) is -4.42. The minimum Gasteiger partial charge on any atom is -0.463 e. The van der Waals surface area contributed by atoms with Gasteiger partial charge in [-0.2, -0.15) is 0 Å². The average molecular weight is 636 g/mol. The molecule has 0 aromatic rings. The molecule has 44 heavy (non-hydrogen) atoms. The Bertz CT molecular complexity index is 997. The number of amides is 1. The van der Waals surface area contributed by atoms with E-state index in [1.54, 1.807) is 6.08 Å². The van der Waals surface area contributed by atoms with E-state index in [-0.39, 0.29) is 38.5 Å². The Labute approximate surface area is 264 Å². The summed E-state index contributed by atoms with van der Waals surface area (Å²) >= 11 is 0. The number of rotatable bonds is 27. The monoisotopic (exact) mass is 635 g/mol. The molecule has 9 nitrogen and oxygen atoms in total. The third kappa shape index (κ3) is 30.6.